The van der Waals surface area contributed by atoms with Gasteiger partial charge in [0, 0.05) is 11.6 Å². The average molecular weight is 273 g/mol. The number of primary amides is 1. The maximum absolute atomic E-state index is 13.2. The van der Waals surface area contributed by atoms with Gasteiger partial charge in [0.05, 0.1) is 11.0 Å². The molecule has 1 rings (SSSR count). The summed E-state index contributed by atoms with van der Waals surface area (Å²) in [5.74, 6) is -1.79. The average Bonchev–Trinajstić information content (AvgIpc) is 2.31. The molecule has 4 nitrogen and oxygen atoms in total. The van der Waals surface area contributed by atoms with E-state index >= 15 is 0 Å². The summed E-state index contributed by atoms with van der Waals surface area (Å²) in [6.45, 7) is 3.35. The highest BCUT2D eigenvalue weighted by Crippen LogP contribution is 2.21. The minimum Gasteiger partial charge on any atom is -0.366 e. The Kier molecular flexibility index (Phi) is 4.29. The number of halogens is 2. The fraction of sp³-hybridized carbons (Fsp3) is 0.333. The van der Waals surface area contributed by atoms with Gasteiger partial charge in [-0.25, -0.2) is 4.39 Å². The van der Waals surface area contributed by atoms with Crippen molar-refractivity contribution < 1.29 is 14.0 Å². The summed E-state index contributed by atoms with van der Waals surface area (Å²) in [5, 5.41) is 2.56. The fourth-order valence-corrected chi connectivity index (χ4v) is 1.27. The van der Waals surface area contributed by atoms with Crippen LogP contribution < -0.4 is 11.1 Å². The van der Waals surface area contributed by atoms with Gasteiger partial charge in [-0.2, -0.15) is 0 Å². The van der Waals surface area contributed by atoms with E-state index < -0.39 is 17.1 Å². The number of nitrogens with one attached hydrogen (secondary N) is 1. The van der Waals surface area contributed by atoms with Crippen LogP contribution in [0.4, 0.5) is 10.1 Å². The molecule has 0 aliphatic rings. The van der Waals surface area contributed by atoms with E-state index in [-0.39, 0.29) is 17.4 Å². The normalized spacial score (nSPS) is 11.1. The van der Waals surface area contributed by atoms with Crippen molar-refractivity contribution in [2.75, 3.05) is 11.2 Å². The first kappa shape index (κ1) is 14.4. The molecule has 3 N–H and O–H groups in total. The van der Waals surface area contributed by atoms with Crippen molar-refractivity contribution in [2.45, 2.75) is 13.8 Å². The number of hydrogen-bond acceptors (Lipinski definition) is 2. The number of rotatable bonds is 4. The van der Waals surface area contributed by atoms with E-state index in [0.717, 1.165) is 6.07 Å². The summed E-state index contributed by atoms with van der Waals surface area (Å²) in [4.78, 5) is 22.8. The molecule has 1 aromatic rings. The quantitative estimate of drug-likeness (QED) is 0.824. The monoisotopic (exact) mass is 272 g/mol. The van der Waals surface area contributed by atoms with E-state index in [1.807, 2.05) is 0 Å². The van der Waals surface area contributed by atoms with Crippen molar-refractivity contribution in [1.82, 2.24) is 0 Å². The maximum Gasteiger partial charge on any atom is 0.251 e. The summed E-state index contributed by atoms with van der Waals surface area (Å²) in [5.41, 5.74) is 4.28. The lowest BCUT2D eigenvalue weighted by Gasteiger charge is -2.20. The predicted octanol–water partition coefficient (Wildman–Crippen LogP) is 2.13. The third-order valence-corrected chi connectivity index (χ3v) is 3.11. The zero-order chi connectivity index (χ0) is 13.9. The van der Waals surface area contributed by atoms with Crippen molar-refractivity contribution in [3.05, 3.63) is 29.6 Å². The molecule has 0 saturated carbocycles. The molecule has 0 fully saturated rings. The van der Waals surface area contributed by atoms with E-state index in [1.54, 1.807) is 13.8 Å². The molecule has 0 aromatic heterocycles. The molecule has 0 atom stereocenters. The molecule has 6 heteroatoms. The largest absolute Gasteiger partial charge is 0.366 e. The number of carbonyl (C=O) groups excluding carboxylic acids is 2. The smallest absolute Gasteiger partial charge is 0.251 e. The second-order valence-corrected chi connectivity index (χ2v) is 4.80. The lowest BCUT2D eigenvalue weighted by Crippen LogP contribution is -2.32. The second-order valence-electron chi connectivity index (χ2n) is 4.53. The fourth-order valence-electron chi connectivity index (χ4n) is 1.15. The first-order valence-corrected chi connectivity index (χ1v) is 5.78. The van der Waals surface area contributed by atoms with Crippen molar-refractivity contribution in [3.63, 3.8) is 0 Å². The van der Waals surface area contributed by atoms with Crippen LogP contribution in [-0.4, -0.2) is 17.7 Å². The summed E-state index contributed by atoms with van der Waals surface area (Å²) in [7, 11) is 0. The standard InChI is InChI=1S/C12H14ClFN2O2/c1-12(2,6-13)11(18)16-7-3-4-9(14)8(5-7)10(15)17/h3-5H,6H2,1-2H3,(H2,15,17)(H,16,18). The van der Waals surface area contributed by atoms with Crippen LogP contribution in [0.3, 0.4) is 0 Å². The summed E-state index contributed by atoms with van der Waals surface area (Å²) in [6.07, 6.45) is 0. The highest BCUT2D eigenvalue weighted by atomic mass is 35.5. The lowest BCUT2D eigenvalue weighted by atomic mass is 9.95. The lowest BCUT2D eigenvalue weighted by molar-refractivity contribution is -0.122. The van der Waals surface area contributed by atoms with Gasteiger partial charge in [-0.3, -0.25) is 9.59 Å². The minimum absolute atomic E-state index is 0.142. The summed E-state index contributed by atoms with van der Waals surface area (Å²) < 4.78 is 13.2. The van der Waals surface area contributed by atoms with E-state index in [1.165, 1.54) is 12.1 Å². The summed E-state index contributed by atoms with van der Waals surface area (Å²) >= 11 is 5.67. The van der Waals surface area contributed by atoms with Crippen LogP contribution in [0.5, 0.6) is 0 Å². The van der Waals surface area contributed by atoms with E-state index in [0.29, 0.717) is 5.69 Å². The Balaban J connectivity index is 2.96. The minimum atomic E-state index is -0.889. The molecule has 18 heavy (non-hydrogen) atoms. The molecule has 0 aliphatic heterocycles. The maximum atomic E-state index is 13.2. The van der Waals surface area contributed by atoms with Crippen molar-refractivity contribution in [2.24, 2.45) is 11.1 Å². The Hall–Kier alpha value is -1.62. The molecular weight excluding hydrogens is 259 g/mol. The molecule has 2 amide bonds. The molecule has 0 bridgehead atoms. The van der Waals surface area contributed by atoms with Crippen LogP contribution in [0.15, 0.2) is 18.2 Å². The van der Waals surface area contributed by atoms with Crippen LogP contribution in [0, 0.1) is 11.2 Å². The van der Waals surface area contributed by atoms with E-state index in [2.05, 4.69) is 5.32 Å². The third kappa shape index (κ3) is 3.20. The van der Waals surface area contributed by atoms with Crippen molar-refractivity contribution in [3.8, 4) is 0 Å². The van der Waals surface area contributed by atoms with Crippen LogP contribution in [0.25, 0.3) is 0 Å². The predicted molar refractivity (Wildman–Crippen MR) is 68.0 cm³/mol. The van der Waals surface area contributed by atoms with Gasteiger partial charge in [-0.1, -0.05) is 0 Å². The van der Waals surface area contributed by atoms with Crippen molar-refractivity contribution >= 4 is 29.1 Å². The molecule has 0 radical (unpaired) electrons. The molecular formula is C12H14ClFN2O2. The number of alkyl halides is 1. The Morgan fingerprint density at radius 3 is 2.56 bits per heavy atom. The summed E-state index contributed by atoms with van der Waals surface area (Å²) in [6, 6.07) is 3.62. The first-order valence-electron chi connectivity index (χ1n) is 5.24. The highest BCUT2D eigenvalue weighted by Gasteiger charge is 2.26. The van der Waals surface area contributed by atoms with Gasteiger partial charge in [-0.15, -0.1) is 11.6 Å². The SMILES string of the molecule is CC(C)(CCl)C(=O)Nc1ccc(F)c(C(N)=O)c1. The van der Waals surface area contributed by atoms with Crippen LogP contribution in [0.2, 0.25) is 0 Å². The number of anilines is 1. The molecule has 0 unspecified atom stereocenters. The van der Waals surface area contributed by atoms with Crippen LogP contribution in [0.1, 0.15) is 24.2 Å². The molecule has 0 spiro atoms. The number of amides is 2. The topological polar surface area (TPSA) is 72.2 Å². The molecule has 0 aliphatic carbocycles. The first-order chi connectivity index (χ1) is 8.27. The van der Waals surface area contributed by atoms with Crippen LogP contribution >= 0.6 is 11.6 Å². The Morgan fingerprint density at radius 1 is 1.44 bits per heavy atom. The van der Waals surface area contributed by atoms with E-state index in [9.17, 15) is 14.0 Å². The number of carbonyl (C=O) groups is 2. The molecule has 0 heterocycles. The van der Waals surface area contributed by atoms with Crippen molar-refractivity contribution in [1.29, 1.82) is 0 Å². The van der Waals surface area contributed by atoms with Gasteiger partial charge < -0.3 is 11.1 Å². The van der Waals surface area contributed by atoms with E-state index in [4.69, 9.17) is 17.3 Å². The second kappa shape index (κ2) is 5.35. The number of benzene rings is 1. The van der Waals surface area contributed by atoms with Gasteiger partial charge in [0.2, 0.25) is 5.91 Å². The molecule has 98 valence electrons. The Morgan fingerprint density at radius 2 is 2.06 bits per heavy atom. The third-order valence-electron chi connectivity index (χ3n) is 2.44. The molecule has 1 aromatic carbocycles. The van der Waals surface area contributed by atoms with Gasteiger partial charge in [0.1, 0.15) is 5.82 Å². The Bertz CT molecular complexity index is 489. The zero-order valence-electron chi connectivity index (χ0n) is 10.1. The zero-order valence-corrected chi connectivity index (χ0v) is 10.8. The van der Waals surface area contributed by atoms with Gasteiger partial charge >= 0.3 is 0 Å². The highest BCUT2D eigenvalue weighted by molar-refractivity contribution is 6.20. The van der Waals surface area contributed by atoms with Gasteiger partial charge in [0.25, 0.3) is 5.91 Å². The number of nitrogens with two attached hydrogens (primary N) is 1. The van der Waals surface area contributed by atoms with Crippen LogP contribution in [-0.2, 0) is 4.79 Å². The molecule has 0 saturated heterocycles. The Labute approximate surface area is 109 Å². The number of hydrogen-bond donors (Lipinski definition) is 2. The van der Waals surface area contributed by atoms with Gasteiger partial charge in [0.15, 0.2) is 0 Å². The van der Waals surface area contributed by atoms with Gasteiger partial charge in [-0.05, 0) is 32.0 Å².